The molecule has 6 heteroatoms. The van der Waals surface area contributed by atoms with E-state index >= 15 is 0 Å². The van der Waals surface area contributed by atoms with Gasteiger partial charge in [0, 0.05) is 0 Å². The van der Waals surface area contributed by atoms with Crippen LogP contribution in [0.5, 0.6) is 5.75 Å². The number of barbiturate groups is 1. The molecular formula is C20H18N2O4. The summed E-state index contributed by atoms with van der Waals surface area (Å²) < 4.78 is 5.21. The van der Waals surface area contributed by atoms with Crippen molar-refractivity contribution in [3.63, 3.8) is 0 Å². The molecule has 132 valence electrons. The molecule has 6 nitrogen and oxygen atoms in total. The monoisotopic (exact) mass is 350 g/mol. The highest BCUT2D eigenvalue weighted by Gasteiger charge is 2.36. The van der Waals surface area contributed by atoms with Crippen molar-refractivity contribution < 1.29 is 19.1 Å². The van der Waals surface area contributed by atoms with Crippen LogP contribution in [0.2, 0.25) is 0 Å². The number of imide groups is 2. The Kier molecular flexibility index (Phi) is 4.58. The van der Waals surface area contributed by atoms with E-state index in [-0.39, 0.29) is 5.57 Å². The van der Waals surface area contributed by atoms with Gasteiger partial charge in [0.05, 0.1) is 12.8 Å². The van der Waals surface area contributed by atoms with Crippen LogP contribution in [0.1, 0.15) is 16.7 Å². The van der Waals surface area contributed by atoms with Crippen molar-refractivity contribution in [1.29, 1.82) is 0 Å². The molecule has 26 heavy (non-hydrogen) atoms. The topological polar surface area (TPSA) is 75.7 Å². The predicted molar refractivity (Wildman–Crippen MR) is 97.9 cm³/mol. The summed E-state index contributed by atoms with van der Waals surface area (Å²) in [4.78, 5) is 38.1. The van der Waals surface area contributed by atoms with Crippen molar-refractivity contribution >= 4 is 29.6 Å². The first-order chi connectivity index (χ1) is 12.4. The lowest BCUT2D eigenvalue weighted by atomic mass is 10.0. The molecule has 4 amide bonds. The standard InChI is InChI=1S/C20H18N2O4/c1-12-4-7-15(8-5-12)22-19(24)16(18(23)21-20(22)25)11-14-6-9-17(26-3)13(2)10-14/h4-11H,1-3H3,(H,21,23,25)/b16-11-. The summed E-state index contributed by atoms with van der Waals surface area (Å²) in [5.41, 5.74) is 2.84. The van der Waals surface area contributed by atoms with Crippen molar-refractivity contribution in [2.24, 2.45) is 0 Å². The van der Waals surface area contributed by atoms with Gasteiger partial charge < -0.3 is 4.74 Å². The molecule has 0 atom stereocenters. The van der Waals surface area contributed by atoms with E-state index in [9.17, 15) is 14.4 Å². The zero-order valence-corrected chi connectivity index (χ0v) is 14.7. The molecule has 1 fully saturated rings. The van der Waals surface area contributed by atoms with Crippen LogP contribution < -0.4 is 15.0 Å². The largest absolute Gasteiger partial charge is 0.496 e. The van der Waals surface area contributed by atoms with E-state index in [4.69, 9.17) is 4.74 Å². The van der Waals surface area contributed by atoms with Crippen molar-refractivity contribution in [3.8, 4) is 5.75 Å². The van der Waals surface area contributed by atoms with Gasteiger partial charge in [-0.3, -0.25) is 14.9 Å². The minimum atomic E-state index is -0.757. The highest BCUT2D eigenvalue weighted by molar-refractivity contribution is 6.39. The fourth-order valence-corrected chi connectivity index (χ4v) is 2.74. The molecule has 2 aromatic carbocycles. The normalized spacial score (nSPS) is 16.0. The average Bonchev–Trinajstić information content (AvgIpc) is 2.60. The molecule has 0 spiro atoms. The van der Waals surface area contributed by atoms with E-state index in [1.165, 1.54) is 6.08 Å². The Morgan fingerprint density at radius 2 is 1.69 bits per heavy atom. The molecule has 0 bridgehead atoms. The second kappa shape index (κ2) is 6.84. The van der Waals surface area contributed by atoms with E-state index in [2.05, 4.69) is 5.32 Å². The summed E-state index contributed by atoms with van der Waals surface area (Å²) in [7, 11) is 1.57. The molecule has 1 heterocycles. The van der Waals surface area contributed by atoms with Crippen LogP contribution in [0.25, 0.3) is 6.08 Å². The zero-order chi connectivity index (χ0) is 18.8. The van der Waals surface area contributed by atoms with Crippen molar-refractivity contribution in [3.05, 3.63) is 64.7 Å². The van der Waals surface area contributed by atoms with Gasteiger partial charge in [0.1, 0.15) is 11.3 Å². The lowest BCUT2D eigenvalue weighted by Gasteiger charge is -2.26. The number of benzene rings is 2. The Bertz CT molecular complexity index is 929. The van der Waals surface area contributed by atoms with Crippen LogP contribution in [0.3, 0.4) is 0 Å². The molecular weight excluding hydrogens is 332 g/mol. The third-order valence-electron chi connectivity index (χ3n) is 4.12. The molecule has 0 aliphatic carbocycles. The van der Waals surface area contributed by atoms with E-state index in [0.29, 0.717) is 17.0 Å². The van der Waals surface area contributed by atoms with Crippen LogP contribution >= 0.6 is 0 Å². The number of urea groups is 1. The number of hydrogen-bond acceptors (Lipinski definition) is 4. The summed E-state index contributed by atoms with van der Waals surface area (Å²) in [6.45, 7) is 3.77. The first-order valence-corrected chi connectivity index (χ1v) is 8.03. The Balaban J connectivity index is 1.99. The second-order valence-corrected chi connectivity index (χ2v) is 6.02. The minimum Gasteiger partial charge on any atom is -0.496 e. The first-order valence-electron chi connectivity index (χ1n) is 8.03. The van der Waals surface area contributed by atoms with Gasteiger partial charge in [-0.05, 0) is 55.3 Å². The van der Waals surface area contributed by atoms with Crippen molar-refractivity contribution in [2.45, 2.75) is 13.8 Å². The first kappa shape index (κ1) is 17.4. The number of carbonyl (C=O) groups is 3. The molecule has 1 aliphatic rings. The van der Waals surface area contributed by atoms with Crippen molar-refractivity contribution in [2.75, 3.05) is 12.0 Å². The molecule has 2 aromatic rings. The van der Waals surface area contributed by atoms with Crippen LogP contribution in [0.15, 0.2) is 48.0 Å². The number of nitrogens with one attached hydrogen (secondary N) is 1. The Morgan fingerprint density at radius 1 is 1.00 bits per heavy atom. The Labute approximate surface area is 151 Å². The smallest absolute Gasteiger partial charge is 0.335 e. The highest BCUT2D eigenvalue weighted by atomic mass is 16.5. The van der Waals surface area contributed by atoms with Crippen molar-refractivity contribution in [1.82, 2.24) is 5.32 Å². The number of nitrogens with zero attached hydrogens (tertiary/aromatic N) is 1. The quantitative estimate of drug-likeness (QED) is 0.682. The fourth-order valence-electron chi connectivity index (χ4n) is 2.74. The maximum Gasteiger partial charge on any atom is 0.335 e. The molecule has 3 rings (SSSR count). The number of carbonyl (C=O) groups excluding carboxylic acids is 3. The fraction of sp³-hybridized carbons (Fsp3) is 0.150. The molecule has 0 radical (unpaired) electrons. The molecule has 1 saturated heterocycles. The summed E-state index contributed by atoms with van der Waals surface area (Å²) in [5, 5.41) is 2.21. The van der Waals surface area contributed by atoms with Gasteiger partial charge in [-0.25, -0.2) is 9.69 Å². The van der Waals surface area contributed by atoms with E-state index in [0.717, 1.165) is 16.0 Å². The Hall–Kier alpha value is -3.41. The van der Waals surface area contributed by atoms with Gasteiger partial charge in [0.2, 0.25) is 0 Å². The zero-order valence-electron chi connectivity index (χ0n) is 14.7. The number of hydrogen-bond donors (Lipinski definition) is 1. The predicted octanol–water partition coefficient (Wildman–Crippen LogP) is 2.98. The van der Waals surface area contributed by atoms with E-state index in [1.807, 2.05) is 13.8 Å². The summed E-state index contributed by atoms with van der Waals surface area (Å²) in [5.74, 6) is -0.657. The van der Waals surface area contributed by atoms with Gasteiger partial charge in [-0.2, -0.15) is 0 Å². The molecule has 0 saturated carbocycles. The van der Waals surface area contributed by atoms with Gasteiger partial charge >= 0.3 is 6.03 Å². The summed E-state index contributed by atoms with van der Waals surface area (Å²) in [6.07, 6.45) is 1.47. The number of ether oxygens (including phenoxy) is 1. The average molecular weight is 350 g/mol. The van der Waals surface area contributed by atoms with E-state index < -0.39 is 17.8 Å². The third kappa shape index (κ3) is 3.21. The number of aryl methyl sites for hydroxylation is 2. The number of methoxy groups -OCH3 is 1. The lowest BCUT2D eigenvalue weighted by Crippen LogP contribution is -2.54. The number of anilines is 1. The van der Waals surface area contributed by atoms with Crippen LogP contribution in [-0.2, 0) is 9.59 Å². The summed E-state index contributed by atoms with van der Waals surface area (Å²) >= 11 is 0. The van der Waals surface area contributed by atoms with Crippen LogP contribution in [-0.4, -0.2) is 25.0 Å². The molecule has 0 unspecified atom stereocenters. The molecule has 1 aliphatic heterocycles. The van der Waals surface area contributed by atoms with Gasteiger partial charge in [-0.15, -0.1) is 0 Å². The van der Waals surface area contributed by atoms with Crippen LogP contribution in [0.4, 0.5) is 10.5 Å². The molecule has 0 aromatic heterocycles. The second-order valence-electron chi connectivity index (χ2n) is 6.02. The number of rotatable bonds is 3. The Morgan fingerprint density at radius 3 is 2.31 bits per heavy atom. The SMILES string of the molecule is COc1ccc(/C=C2/C(=O)NC(=O)N(c3ccc(C)cc3)C2=O)cc1C. The molecule has 1 N–H and O–H groups in total. The van der Waals surface area contributed by atoms with Gasteiger partial charge in [0.25, 0.3) is 11.8 Å². The number of amides is 4. The lowest BCUT2D eigenvalue weighted by molar-refractivity contribution is -0.122. The third-order valence-corrected chi connectivity index (χ3v) is 4.12. The van der Waals surface area contributed by atoms with Crippen LogP contribution in [0, 0.1) is 13.8 Å². The maximum atomic E-state index is 12.8. The van der Waals surface area contributed by atoms with Gasteiger partial charge in [0.15, 0.2) is 0 Å². The maximum absolute atomic E-state index is 12.8. The highest BCUT2D eigenvalue weighted by Crippen LogP contribution is 2.24. The minimum absolute atomic E-state index is 0.102. The van der Waals surface area contributed by atoms with E-state index in [1.54, 1.807) is 49.6 Å². The summed E-state index contributed by atoms with van der Waals surface area (Å²) in [6, 6.07) is 11.5. The van der Waals surface area contributed by atoms with Gasteiger partial charge in [-0.1, -0.05) is 23.8 Å².